The third kappa shape index (κ3) is 6.93. The Labute approximate surface area is 109 Å². The van der Waals surface area contributed by atoms with Gasteiger partial charge in [-0.15, -0.1) is 0 Å². The number of hydrogen-bond acceptors (Lipinski definition) is 4. The number of aliphatic hydroxyl groups excluding tert-OH is 1. The van der Waals surface area contributed by atoms with Crippen LogP contribution >= 0.6 is 0 Å². The molecule has 1 rings (SSSR count). The minimum Gasteiger partial charge on any atom is -0.389 e. The van der Waals surface area contributed by atoms with E-state index < -0.39 is 6.10 Å². The van der Waals surface area contributed by atoms with Crippen LogP contribution in [0.5, 0.6) is 0 Å². The van der Waals surface area contributed by atoms with Gasteiger partial charge in [0.25, 0.3) is 0 Å². The van der Waals surface area contributed by atoms with Crippen LogP contribution in [0.15, 0.2) is 0 Å². The number of carbonyl (C=O) groups excluding carboxylic acids is 1. The van der Waals surface area contributed by atoms with E-state index in [-0.39, 0.29) is 5.91 Å². The molecule has 0 aromatic rings. The molecular formula is C13H26N2O3. The average Bonchev–Trinajstić information content (AvgIpc) is 2.42. The van der Waals surface area contributed by atoms with Gasteiger partial charge in [-0.3, -0.25) is 4.79 Å². The minimum absolute atomic E-state index is 0.00967. The largest absolute Gasteiger partial charge is 0.389 e. The van der Waals surface area contributed by atoms with Gasteiger partial charge in [-0.25, -0.2) is 0 Å². The van der Waals surface area contributed by atoms with Crippen molar-refractivity contribution in [2.45, 2.75) is 50.7 Å². The van der Waals surface area contributed by atoms with Crippen molar-refractivity contribution in [1.82, 2.24) is 10.6 Å². The maximum Gasteiger partial charge on any atom is 0.221 e. The molecule has 1 fully saturated rings. The maximum atomic E-state index is 11.0. The van der Waals surface area contributed by atoms with Crippen molar-refractivity contribution in [3.05, 3.63) is 0 Å². The van der Waals surface area contributed by atoms with Crippen molar-refractivity contribution in [3.8, 4) is 0 Å². The molecule has 1 aliphatic carbocycles. The van der Waals surface area contributed by atoms with Crippen molar-refractivity contribution in [2.75, 3.05) is 26.7 Å². The normalized spacial score (nSPS) is 18.6. The quantitative estimate of drug-likeness (QED) is 0.552. The Morgan fingerprint density at radius 2 is 2.11 bits per heavy atom. The highest BCUT2D eigenvalue weighted by Crippen LogP contribution is 2.20. The monoisotopic (exact) mass is 258 g/mol. The number of nitrogens with one attached hydrogen (secondary N) is 2. The molecule has 1 atom stereocenters. The molecule has 0 aliphatic heterocycles. The van der Waals surface area contributed by atoms with Crippen LogP contribution < -0.4 is 10.6 Å². The summed E-state index contributed by atoms with van der Waals surface area (Å²) in [4.78, 5) is 11.0. The van der Waals surface area contributed by atoms with E-state index in [0.29, 0.717) is 32.2 Å². The number of hydrogen-bond donors (Lipinski definition) is 3. The number of ether oxygens (including phenoxy) is 1. The molecular weight excluding hydrogens is 232 g/mol. The second-order valence-corrected chi connectivity index (χ2v) is 4.87. The summed E-state index contributed by atoms with van der Waals surface area (Å²) in [6, 6.07) is 0. The van der Waals surface area contributed by atoms with Gasteiger partial charge in [-0.05, 0) is 12.8 Å². The van der Waals surface area contributed by atoms with Crippen molar-refractivity contribution in [3.63, 3.8) is 0 Å². The van der Waals surface area contributed by atoms with E-state index in [9.17, 15) is 9.90 Å². The zero-order valence-electron chi connectivity index (χ0n) is 11.3. The minimum atomic E-state index is -0.489. The fourth-order valence-electron chi connectivity index (χ4n) is 2.13. The highest BCUT2D eigenvalue weighted by atomic mass is 16.5. The zero-order chi connectivity index (χ0) is 13.2. The van der Waals surface area contributed by atoms with E-state index in [4.69, 9.17) is 4.74 Å². The molecule has 0 heterocycles. The Morgan fingerprint density at radius 1 is 1.39 bits per heavy atom. The standard InChI is InChI=1S/C13H26N2O3/c1-14-13(17)7-8-15-9-11(16)10-18-12-5-3-2-4-6-12/h11-12,15-16H,2-10H2,1H3,(H,14,17). The van der Waals surface area contributed by atoms with Gasteiger partial charge in [-0.2, -0.15) is 0 Å². The lowest BCUT2D eigenvalue weighted by Gasteiger charge is -2.23. The van der Waals surface area contributed by atoms with Crippen LogP contribution in [0.4, 0.5) is 0 Å². The van der Waals surface area contributed by atoms with Crippen LogP contribution in [0, 0.1) is 0 Å². The first kappa shape index (κ1) is 15.4. The Balaban J connectivity index is 1.96. The molecule has 1 amide bonds. The van der Waals surface area contributed by atoms with Crippen molar-refractivity contribution < 1.29 is 14.6 Å². The van der Waals surface area contributed by atoms with E-state index >= 15 is 0 Å². The molecule has 0 spiro atoms. The summed E-state index contributed by atoms with van der Waals surface area (Å²) in [7, 11) is 1.62. The molecule has 0 saturated heterocycles. The highest BCUT2D eigenvalue weighted by molar-refractivity contribution is 5.75. The van der Waals surface area contributed by atoms with Gasteiger partial charge < -0.3 is 20.5 Å². The zero-order valence-corrected chi connectivity index (χ0v) is 11.3. The van der Waals surface area contributed by atoms with E-state index in [1.165, 1.54) is 19.3 Å². The fraction of sp³-hybridized carbons (Fsp3) is 0.923. The predicted octanol–water partition coefficient (Wildman–Crippen LogP) is 0.422. The summed E-state index contributed by atoms with van der Waals surface area (Å²) in [5, 5.41) is 15.3. The van der Waals surface area contributed by atoms with Gasteiger partial charge in [0.2, 0.25) is 5.91 Å². The van der Waals surface area contributed by atoms with E-state index in [2.05, 4.69) is 10.6 Å². The van der Waals surface area contributed by atoms with Gasteiger partial charge in [0.15, 0.2) is 0 Å². The maximum absolute atomic E-state index is 11.0. The molecule has 0 aromatic carbocycles. The number of amides is 1. The third-order valence-corrected chi connectivity index (χ3v) is 3.26. The van der Waals surface area contributed by atoms with Gasteiger partial charge in [-0.1, -0.05) is 19.3 Å². The first-order valence-corrected chi connectivity index (χ1v) is 6.93. The third-order valence-electron chi connectivity index (χ3n) is 3.26. The lowest BCUT2D eigenvalue weighted by Crippen LogP contribution is -2.34. The van der Waals surface area contributed by atoms with Crippen molar-refractivity contribution >= 4 is 5.91 Å². The van der Waals surface area contributed by atoms with Crippen LogP contribution in [-0.2, 0) is 9.53 Å². The molecule has 3 N–H and O–H groups in total. The summed E-state index contributed by atoms with van der Waals surface area (Å²) < 4.78 is 5.67. The van der Waals surface area contributed by atoms with Crippen LogP contribution in [0.2, 0.25) is 0 Å². The van der Waals surface area contributed by atoms with Crippen molar-refractivity contribution in [1.29, 1.82) is 0 Å². The van der Waals surface area contributed by atoms with Gasteiger partial charge in [0.05, 0.1) is 18.8 Å². The lowest BCUT2D eigenvalue weighted by atomic mass is 9.98. The SMILES string of the molecule is CNC(=O)CCNCC(O)COC1CCCCC1. The summed E-state index contributed by atoms with van der Waals surface area (Å²) >= 11 is 0. The molecule has 1 saturated carbocycles. The van der Waals surface area contributed by atoms with E-state index in [1.54, 1.807) is 7.05 Å². The fourth-order valence-corrected chi connectivity index (χ4v) is 2.13. The van der Waals surface area contributed by atoms with Crippen LogP contribution in [0.25, 0.3) is 0 Å². The molecule has 0 aromatic heterocycles. The molecule has 1 aliphatic rings. The second kappa shape index (κ2) is 9.30. The molecule has 0 radical (unpaired) electrons. The van der Waals surface area contributed by atoms with Crippen LogP contribution in [-0.4, -0.2) is 50.0 Å². The Morgan fingerprint density at radius 3 is 2.78 bits per heavy atom. The first-order chi connectivity index (χ1) is 8.72. The molecule has 0 bridgehead atoms. The Hall–Kier alpha value is -0.650. The Bertz CT molecular complexity index is 230. The summed E-state index contributed by atoms with van der Waals surface area (Å²) in [5.41, 5.74) is 0. The summed E-state index contributed by atoms with van der Waals surface area (Å²) in [6.45, 7) is 1.45. The smallest absolute Gasteiger partial charge is 0.221 e. The van der Waals surface area contributed by atoms with E-state index in [0.717, 1.165) is 12.8 Å². The molecule has 5 nitrogen and oxygen atoms in total. The molecule has 5 heteroatoms. The molecule has 106 valence electrons. The second-order valence-electron chi connectivity index (χ2n) is 4.87. The molecule has 1 unspecified atom stereocenters. The van der Waals surface area contributed by atoms with Gasteiger partial charge in [0, 0.05) is 26.6 Å². The predicted molar refractivity (Wildman–Crippen MR) is 70.4 cm³/mol. The van der Waals surface area contributed by atoms with Crippen molar-refractivity contribution in [2.24, 2.45) is 0 Å². The number of aliphatic hydroxyl groups is 1. The number of rotatable bonds is 8. The topological polar surface area (TPSA) is 70.6 Å². The van der Waals surface area contributed by atoms with Crippen LogP contribution in [0.1, 0.15) is 38.5 Å². The average molecular weight is 258 g/mol. The highest BCUT2D eigenvalue weighted by Gasteiger charge is 2.15. The summed E-state index contributed by atoms with van der Waals surface area (Å²) in [5.74, 6) is 0.00967. The van der Waals surface area contributed by atoms with E-state index in [1.807, 2.05) is 0 Å². The number of carbonyl (C=O) groups is 1. The van der Waals surface area contributed by atoms with Crippen LogP contribution in [0.3, 0.4) is 0 Å². The lowest BCUT2D eigenvalue weighted by molar-refractivity contribution is -0.120. The summed E-state index contributed by atoms with van der Waals surface area (Å²) in [6.07, 6.45) is 6.32. The molecule has 18 heavy (non-hydrogen) atoms. The van der Waals surface area contributed by atoms with Gasteiger partial charge >= 0.3 is 0 Å². The van der Waals surface area contributed by atoms with Gasteiger partial charge in [0.1, 0.15) is 0 Å². The first-order valence-electron chi connectivity index (χ1n) is 6.93. The Kier molecular flexibility index (Phi) is 7.96.